The minimum Gasteiger partial charge on any atom is -0.462 e. The summed E-state index contributed by atoms with van der Waals surface area (Å²) in [7, 11) is 0. The lowest BCUT2D eigenvalue weighted by Gasteiger charge is -2.18. The second-order valence-corrected chi connectivity index (χ2v) is 17.4. The Bertz CT molecular complexity index is 997. The third-order valence-electron chi connectivity index (χ3n) is 11.3. The average Bonchev–Trinajstić information content (AvgIpc) is 3.25. The van der Waals surface area contributed by atoms with Crippen molar-refractivity contribution in [2.45, 2.75) is 271 Å². The van der Waals surface area contributed by atoms with Gasteiger partial charge in [0, 0.05) is 19.4 Å². The van der Waals surface area contributed by atoms with Crippen LogP contribution in [0, 0.1) is 0 Å². The molecule has 0 amide bonds. The normalized spacial score (nSPS) is 12.5. The van der Waals surface area contributed by atoms with Gasteiger partial charge < -0.3 is 14.2 Å². The molecule has 0 aromatic carbocycles. The monoisotopic (exact) mass is 841 g/mol. The van der Waals surface area contributed by atoms with Gasteiger partial charge >= 0.3 is 11.9 Å². The van der Waals surface area contributed by atoms with Gasteiger partial charge in [0.05, 0.1) is 6.61 Å². The molecule has 0 aromatic rings. The fourth-order valence-electron chi connectivity index (χ4n) is 7.46. The summed E-state index contributed by atoms with van der Waals surface area (Å²) >= 11 is 0. The number of carbonyl (C=O) groups is 2. The molecule has 0 saturated carbocycles. The molecule has 0 aliphatic heterocycles. The van der Waals surface area contributed by atoms with Crippen molar-refractivity contribution in [2.75, 3.05) is 19.8 Å². The van der Waals surface area contributed by atoms with Crippen molar-refractivity contribution in [1.82, 2.24) is 0 Å². The van der Waals surface area contributed by atoms with Crippen molar-refractivity contribution in [1.29, 1.82) is 0 Å². The molecule has 60 heavy (non-hydrogen) atoms. The van der Waals surface area contributed by atoms with E-state index in [2.05, 4.69) is 69.4 Å². The molecule has 0 aliphatic carbocycles. The zero-order valence-electron chi connectivity index (χ0n) is 40.2. The Morgan fingerprint density at radius 1 is 0.383 bits per heavy atom. The first kappa shape index (κ1) is 57.9. The molecule has 0 fully saturated rings. The smallest absolute Gasteiger partial charge is 0.306 e. The van der Waals surface area contributed by atoms with Crippen molar-refractivity contribution < 1.29 is 23.8 Å². The highest BCUT2D eigenvalue weighted by molar-refractivity contribution is 5.70. The average molecular weight is 841 g/mol. The second kappa shape index (κ2) is 51.2. The summed E-state index contributed by atoms with van der Waals surface area (Å²) in [4.78, 5) is 25.4. The van der Waals surface area contributed by atoms with Gasteiger partial charge in [-0.15, -0.1) is 0 Å². The van der Waals surface area contributed by atoms with E-state index in [1.54, 1.807) is 0 Å². The number of carbonyl (C=O) groups excluding carboxylic acids is 2. The minimum atomic E-state index is -0.538. The highest BCUT2D eigenvalue weighted by Crippen LogP contribution is 2.15. The predicted octanol–water partition coefficient (Wildman–Crippen LogP) is 17.6. The maximum atomic E-state index is 12.8. The van der Waals surface area contributed by atoms with Crippen LogP contribution in [0.25, 0.3) is 0 Å². The predicted molar refractivity (Wildman–Crippen MR) is 261 cm³/mol. The molecule has 350 valence electrons. The van der Waals surface area contributed by atoms with Crippen molar-refractivity contribution in [3.05, 3.63) is 48.6 Å². The molecular formula is C55H100O5. The Balaban J connectivity index is 4.21. The maximum absolute atomic E-state index is 12.8. The number of unbranched alkanes of at least 4 members (excludes halogenated alkanes) is 29. The topological polar surface area (TPSA) is 61.8 Å². The fraction of sp³-hybridized carbons (Fsp3) is 0.818. The molecule has 0 N–H and O–H groups in total. The zero-order valence-corrected chi connectivity index (χ0v) is 40.2. The summed E-state index contributed by atoms with van der Waals surface area (Å²) in [6, 6.07) is 0. The van der Waals surface area contributed by atoms with Gasteiger partial charge in [0.25, 0.3) is 0 Å². The van der Waals surface area contributed by atoms with E-state index in [-0.39, 0.29) is 25.2 Å². The highest BCUT2D eigenvalue weighted by Gasteiger charge is 2.17. The van der Waals surface area contributed by atoms with E-state index in [0.29, 0.717) is 19.4 Å². The van der Waals surface area contributed by atoms with Crippen LogP contribution < -0.4 is 0 Å². The Hall–Kier alpha value is -2.14. The second-order valence-electron chi connectivity index (χ2n) is 17.4. The van der Waals surface area contributed by atoms with Crippen LogP contribution in [0.1, 0.15) is 265 Å². The summed E-state index contributed by atoms with van der Waals surface area (Å²) in [6.45, 7) is 7.73. The van der Waals surface area contributed by atoms with Gasteiger partial charge in [-0.1, -0.05) is 223 Å². The number of ether oxygens (including phenoxy) is 3. The molecule has 0 rings (SSSR count). The van der Waals surface area contributed by atoms with Gasteiger partial charge in [-0.25, -0.2) is 0 Å². The van der Waals surface area contributed by atoms with Gasteiger partial charge in [-0.3, -0.25) is 9.59 Å². The van der Waals surface area contributed by atoms with Crippen molar-refractivity contribution in [3.63, 3.8) is 0 Å². The van der Waals surface area contributed by atoms with Crippen LogP contribution in [0.3, 0.4) is 0 Å². The van der Waals surface area contributed by atoms with Crippen LogP contribution in [0.2, 0.25) is 0 Å². The highest BCUT2D eigenvalue weighted by atomic mass is 16.6. The lowest BCUT2D eigenvalue weighted by atomic mass is 10.1. The van der Waals surface area contributed by atoms with Crippen LogP contribution >= 0.6 is 0 Å². The Morgan fingerprint density at radius 2 is 0.750 bits per heavy atom. The third kappa shape index (κ3) is 48.5. The first-order valence-electron chi connectivity index (χ1n) is 26.2. The number of rotatable bonds is 48. The van der Waals surface area contributed by atoms with E-state index < -0.39 is 6.10 Å². The molecule has 0 spiro atoms. The molecule has 0 radical (unpaired) electrons. The van der Waals surface area contributed by atoms with Gasteiger partial charge in [0.1, 0.15) is 6.61 Å². The van der Waals surface area contributed by atoms with Crippen LogP contribution in [0.4, 0.5) is 0 Å². The molecule has 1 atom stereocenters. The van der Waals surface area contributed by atoms with Crippen LogP contribution in [0.5, 0.6) is 0 Å². The summed E-state index contributed by atoms with van der Waals surface area (Å²) in [6.07, 6.45) is 62.6. The number of allylic oxidation sites excluding steroid dienone is 8. The summed E-state index contributed by atoms with van der Waals surface area (Å²) in [5.41, 5.74) is 0. The largest absolute Gasteiger partial charge is 0.462 e. The standard InChI is InChI=1S/C55H100O5/c1-4-7-10-13-16-19-22-24-26-28-30-32-34-36-39-42-45-48-54(56)59-52-53(51-58-50-47-44-41-38-21-18-15-12-9-6-3)60-55(57)49-46-43-40-37-35-33-31-29-27-25-23-20-17-14-11-8-5-2/h7,10,16,19,24-27,53H,4-6,8-9,11-15,17-18,20-23,28-52H2,1-3H3/b10-7-,19-16-,26-24-,27-25-. The molecule has 0 aliphatic rings. The maximum Gasteiger partial charge on any atom is 0.306 e. The first-order valence-corrected chi connectivity index (χ1v) is 26.2. The molecular weight excluding hydrogens is 741 g/mol. The van der Waals surface area contributed by atoms with Crippen LogP contribution in [-0.4, -0.2) is 37.9 Å². The van der Waals surface area contributed by atoms with E-state index in [4.69, 9.17) is 14.2 Å². The van der Waals surface area contributed by atoms with E-state index in [1.165, 1.54) is 154 Å². The number of hydrogen-bond acceptors (Lipinski definition) is 5. The van der Waals surface area contributed by atoms with Crippen LogP contribution in [-0.2, 0) is 23.8 Å². The molecule has 0 heterocycles. The van der Waals surface area contributed by atoms with Crippen molar-refractivity contribution in [3.8, 4) is 0 Å². The van der Waals surface area contributed by atoms with E-state index in [9.17, 15) is 9.59 Å². The van der Waals surface area contributed by atoms with Gasteiger partial charge in [0.2, 0.25) is 0 Å². The molecule has 5 heteroatoms. The third-order valence-corrected chi connectivity index (χ3v) is 11.3. The van der Waals surface area contributed by atoms with E-state index in [0.717, 1.165) is 77.0 Å². The zero-order chi connectivity index (χ0) is 43.5. The SMILES string of the molecule is CC/C=C\C/C=C\C/C=C\CCCCCCCCCC(=O)OCC(COCCCCCCCCCCCC)OC(=O)CCCCCCCCC/C=C\CCCCCCCC. The summed E-state index contributed by atoms with van der Waals surface area (Å²) in [5.74, 6) is -0.403. The van der Waals surface area contributed by atoms with Gasteiger partial charge in [-0.2, -0.15) is 0 Å². The van der Waals surface area contributed by atoms with Gasteiger partial charge in [0.15, 0.2) is 6.10 Å². The summed E-state index contributed by atoms with van der Waals surface area (Å²) < 4.78 is 17.4. The molecule has 5 nitrogen and oxygen atoms in total. The van der Waals surface area contributed by atoms with Gasteiger partial charge in [-0.05, 0) is 77.0 Å². The fourth-order valence-corrected chi connectivity index (χ4v) is 7.46. The summed E-state index contributed by atoms with van der Waals surface area (Å²) in [5, 5.41) is 0. The van der Waals surface area contributed by atoms with Crippen molar-refractivity contribution in [2.24, 2.45) is 0 Å². The van der Waals surface area contributed by atoms with Crippen LogP contribution in [0.15, 0.2) is 48.6 Å². The Labute approximate surface area is 373 Å². The quantitative estimate of drug-likeness (QED) is 0.0347. The Morgan fingerprint density at radius 3 is 1.22 bits per heavy atom. The van der Waals surface area contributed by atoms with Crippen molar-refractivity contribution >= 4 is 11.9 Å². The molecule has 0 saturated heterocycles. The number of hydrogen-bond donors (Lipinski definition) is 0. The van der Waals surface area contributed by atoms with E-state index in [1.807, 2.05) is 0 Å². The first-order chi connectivity index (χ1) is 29.6. The molecule has 1 unspecified atom stereocenters. The minimum absolute atomic E-state index is 0.0812. The lowest BCUT2D eigenvalue weighted by Crippen LogP contribution is -2.30. The van der Waals surface area contributed by atoms with E-state index >= 15 is 0 Å². The molecule has 0 aromatic heterocycles. The molecule has 0 bridgehead atoms. The number of esters is 2. The Kier molecular flexibility index (Phi) is 49.4. The lowest BCUT2D eigenvalue weighted by molar-refractivity contribution is -0.163.